The van der Waals surface area contributed by atoms with Crippen molar-refractivity contribution in [1.82, 2.24) is 4.98 Å². The third-order valence-corrected chi connectivity index (χ3v) is 4.15. The van der Waals surface area contributed by atoms with E-state index in [-0.39, 0.29) is 6.04 Å². The molecule has 2 nitrogen and oxygen atoms in total. The van der Waals surface area contributed by atoms with Crippen LogP contribution in [-0.4, -0.2) is 4.98 Å². The second-order valence-electron chi connectivity index (χ2n) is 4.05. The second kappa shape index (κ2) is 4.69. The Kier molecular flexibility index (Phi) is 3.04. The summed E-state index contributed by atoms with van der Waals surface area (Å²) >= 11 is 7.57. The molecule has 2 N–H and O–H groups in total. The highest BCUT2D eigenvalue weighted by Crippen LogP contribution is 2.30. The molecule has 18 heavy (non-hydrogen) atoms. The lowest BCUT2D eigenvalue weighted by atomic mass is 10.1. The molecule has 0 saturated heterocycles. The first-order chi connectivity index (χ1) is 8.74. The maximum Gasteiger partial charge on any atom is 0.115 e. The summed E-state index contributed by atoms with van der Waals surface area (Å²) in [5.41, 5.74) is 8.22. The Morgan fingerprint density at radius 3 is 2.67 bits per heavy atom. The van der Waals surface area contributed by atoms with Crippen LogP contribution in [0.15, 0.2) is 48.5 Å². The topological polar surface area (TPSA) is 38.9 Å². The zero-order chi connectivity index (χ0) is 12.5. The Morgan fingerprint density at radius 1 is 1.11 bits per heavy atom. The Bertz CT molecular complexity index is 679. The van der Waals surface area contributed by atoms with Crippen molar-refractivity contribution >= 4 is 33.2 Å². The van der Waals surface area contributed by atoms with Gasteiger partial charge in [-0.2, -0.15) is 0 Å². The van der Waals surface area contributed by atoms with Crippen LogP contribution in [0.2, 0.25) is 5.02 Å². The van der Waals surface area contributed by atoms with Crippen LogP contribution in [0.4, 0.5) is 0 Å². The van der Waals surface area contributed by atoms with E-state index in [0.29, 0.717) is 5.02 Å². The number of hydrogen-bond acceptors (Lipinski definition) is 3. The summed E-state index contributed by atoms with van der Waals surface area (Å²) in [5, 5.41) is 1.62. The van der Waals surface area contributed by atoms with E-state index in [1.165, 1.54) is 0 Å². The lowest BCUT2D eigenvalue weighted by Crippen LogP contribution is -2.10. The molecular formula is C14H11ClN2S. The molecule has 0 spiro atoms. The van der Waals surface area contributed by atoms with Gasteiger partial charge in [-0.15, -0.1) is 11.3 Å². The summed E-state index contributed by atoms with van der Waals surface area (Å²) in [4.78, 5) is 4.56. The number of thiazole rings is 1. The first kappa shape index (κ1) is 11.7. The first-order valence-electron chi connectivity index (χ1n) is 5.60. The van der Waals surface area contributed by atoms with Crippen LogP contribution in [0.1, 0.15) is 16.6 Å². The molecule has 0 aliphatic rings. The van der Waals surface area contributed by atoms with Gasteiger partial charge in [0.15, 0.2) is 0 Å². The summed E-state index contributed by atoms with van der Waals surface area (Å²) in [6.07, 6.45) is 0. The number of rotatable bonds is 2. The van der Waals surface area contributed by atoms with E-state index in [9.17, 15) is 0 Å². The molecule has 3 aromatic rings. The highest BCUT2D eigenvalue weighted by molar-refractivity contribution is 7.18. The average molecular weight is 275 g/mol. The monoisotopic (exact) mass is 274 g/mol. The van der Waals surface area contributed by atoms with Crippen LogP contribution in [-0.2, 0) is 0 Å². The number of hydrogen-bond donors (Lipinski definition) is 1. The Balaban J connectivity index is 2.04. The predicted molar refractivity (Wildman–Crippen MR) is 77.1 cm³/mol. The number of benzene rings is 2. The molecule has 0 bridgehead atoms. The van der Waals surface area contributed by atoms with Gasteiger partial charge in [0.05, 0.1) is 16.3 Å². The average Bonchev–Trinajstić information content (AvgIpc) is 2.81. The van der Waals surface area contributed by atoms with Gasteiger partial charge in [0, 0.05) is 5.02 Å². The second-order valence-corrected chi connectivity index (χ2v) is 5.55. The van der Waals surface area contributed by atoms with Crippen LogP contribution < -0.4 is 5.73 Å². The minimum absolute atomic E-state index is 0.178. The fourth-order valence-corrected chi connectivity index (χ4v) is 3.00. The van der Waals surface area contributed by atoms with Crippen LogP contribution in [0.25, 0.3) is 10.2 Å². The van der Waals surface area contributed by atoms with Crippen LogP contribution >= 0.6 is 22.9 Å². The van der Waals surface area contributed by atoms with Gasteiger partial charge in [-0.1, -0.05) is 41.9 Å². The van der Waals surface area contributed by atoms with E-state index in [0.717, 1.165) is 20.8 Å². The molecule has 0 amide bonds. The highest BCUT2D eigenvalue weighted by Gasteiger charge is 2.13. The smallest absolute Gasteiger partial charge is 0.115 e. The number of nitrogens with two attached hydrogens (primary N) is 1. The predicted octanol–water partition coefficient (Wildman–Crippen LogP) is 4.00. The summed E-state index contributed by atoms with van der Waals surface area (Å²) in [5.74, 6) is 0. The molecule has 3 rings (SSSR count). The zero-order valence-corrected chi connectivity index (χ0v) is 11.1. The lowest BCUT2D eigenvalue weighted by molar-refractivity contribution is 0.862. The largest absolute Gasteiger partial charge is 0.318 e. The SMILES string of the molecule is NC(c1ccccc1)c1nc2cc(Cl)ccc2s1. The summed E-state index contributed by atoms with van der Waals surface area (Å²) in [7, 11) is 0. The van der Waals surface area contributed by atoms with Crippen molar-refractivity contribution in [2.24, 2.45) is 5.73 Å². The van der Waals surface area contributed by atoms with Gasteiger partial charge in [0.1, 0.15) is 5.01 Å². The van der Waals surface area contributed by atoms with E-state index in [2.05, 4.69) is 4.98 Å². The van der Waals surface area contributed by atoms with Gasteiger partial charge in [-0.25, -0.2) is 4.98 Å². The fraction of sp³-hybridized carbons (Fsp3) is 0.0714. The lowest BCUT2D eigenvalue weighted by Gasteiger charge is -2.07. The molecule has 1 atom stereocenters. The molecular weight excluding hydrogens is 264 g/mol. The van der Waals surface area contributed by atoms with Gasteiger partial charge >= 0.3 is 0 Å². The van der Waals surface area contributed by atoms with E-state index in [1.54, 1.807) is 11.3 Å². The number of aromatic nitrogens is 1. The minimum atomic E-state index is -0.178. The van der Waals surface area contributed by atoms with E-state index in [4.69, 9.17) is 17.3 Å². The molecule has 1 unspecified atom stereocenters. The first-order valence-corrected chi connectivity index (χ1v) is 6.80. The molecule has 4 heteroatoms. The van der Waals surface area contributed by atoms with Crippen molar-refractivity contribution in [2.45, 2.75) is 6.04 Å². The summed E-state index contributed by atoms with van der Waals surface area (Å²) in [6, 6.07) is 15.5. The van der Waals surface area contributed by atoms with Gasteiger partial charge in [-0.05, 0) is 23.8 Å². The van der Waals surface area contributed by atoms with Crippen LogP contribution in [0, 0.1) is 0 Å². The summed E-state index contributed by atoms with van der Waals surface area (Å²) in [6.45, 7) is 0. The van der Waals surface area contributed by atoms with Crippen molar-refractivity contribution in [3.8, 4) is 0 Å². The molecule has 2 aromatic carbocycles. The molecule has 1 heterocycles. The Labute approximate surface area is 114 Å². The molecule has 1 aromatic heterocycles. The molecule has 0 fully saturated rings. The van der Waals surface area contributed by atoms with E-state index < -0.39 is 0 Å². The van der Waals surface area contributed by atoms with Gasteiger partial charge in [0.25, 0.3) is 0 Å². The minimum Gasteiger partial charge on any atom is -0.318 e. The van der Waals surface area contributed by atoms with Crippen LogP contribution in [0.5, 0.6) is 0 Å². The Hall–Kier alpha value is -1.42. The summed E-state index contributed by atoms with van der Waals surface area (Å²) < 4.78 is 1.11. The van der Waals surface area contributed by atoms with Crippen molar-refractivity contribution in [2.75, 3.05) is 0 Å². The molecule has 0 aliphatic heterocycles. The number of fused-ring (bicyclic) bond motifs is 1. The van der Waals surface area contributed by atoms with Gasteiger partial charge in [0.2, 0.25) is 0 Å². The highest BCUT2D eigenvalue weighted by atomic mass is 35.5. The van der Waals surface area contributed by atoms with Crippen LogP contribution in [0.3, 0.4) is 0 Å². The van der Waals surface area contributed by atoms with E-state index in [1.807, 2.05) is 48.5 Å². The molecule has 0 aliphatic carbocycles. The molecule has 0 radical (unpaired) electrons. The van der Waals surface area contributed by atoms with Crippen molar-refractivity contribution in [3.05, 3.63) is 64.1 Å². The molecule has 90 valence electrons. The Morgan fingerprint density at radius 2 is 1.89 bits per heavy atom. The maximum absolute atomic E-state index is 6.23. The van der Waals surface area contributed by atoms with Gasteiger partial charge < -0.3 is 5.73 Å². The third kappa shape index (κ3) is 2.12. The quantitative estimate of drug-likeness (QED) is 0.767. The third-order valence-electron chi connectivity index (χ3n) is 2.79. The van der Waals surface area contributed by atoms with Gasteiger partial charge in [-0.3, -0.25) is 0 Å². The maximum atomic E-state index is 6.23. The zero-order valence-electron chi connectivity index (χ0n) is 9.51. The standard InChI is InChI=1S/C14H11ClN2S/c15-10-6-7-12-11(8-10)17-14(18-12)13(16)9-4-2-1-3-5-9/h1-8,13H,16H2. The van der Waals surface area contributed by atoms with Crippen molar-refractivity contribution in [3.63, 3.8) is 0 Å². The van der Waals surface area contributed by atoms with Crippen molar-refractivity contribution in [1.29, 1.82) is 0 Å². The normalized spacial score (nSPS) is 12.8. The molecule has 0 saturated carbocycles. The van der Waals surface area contributed by atoms with Crippen molar-refractivity contribution < 1.29 is 0 Å². The van der Waals surface area contributed by atoms with E-state index >= 15 is 0 Å². The number of halogens is 1. The number of nitrogens with zero attached hydrogens (tertiary/aromatic N) is 1. The fourth-order valence-electron chi connectivity index (χ4n) is 1.85.